The lowest BCUT2D eigenvalue weighted by molar-refractivity contribution is -0.112. The third kappa shape index (κ3) is 3.93. The highest BCUT2D eigenvalue weighted by Crippen LogP contribution is 2.37. The van der Waals surface area contributed by atoms with Crippen LogP contribution in [0.2, 0.25) is 0 Å². The topological polar surface area (TPSA) is 112 Å². The number of nitrogens with zero attached hydrogens (tertiary/aromatic N) is 5. The first-order chi connectivity index (χ1) is 15.9. The summed E-state index contributed by atoms with van der Waals surface area (Å²) in [6, 6.07) is 5.45. The van der Waals surface area contributed by atoms with Gasteiger partial charge in [-0.2, -0.15) is 5.10 Å². The maximum Gasteiger partial charge on any atom is 0.249 e. The van der Waals surface area contributed by atoms with Gasteiger partial charge in [-0.05, 0) is 55.8 Å². The van der Waals surface area contributed by atoms with Gasteiger partial charge in [0.1, 0.15) is 18.0 Å². The van der Waals surface area contributed by atoms with Gasteiger partial charge in [0.05, 0.1) is 11.7 Å². The molecule has 0 atom stereocenters. The number of carbonyl (C=O) groups excluding carboxylic acids is 1. The zero-order valence-corrected chi connectivity index (χ0v) is 18.2. The van der Waals surface area contributed by atoms with Gasteiger partial charge in [0.15, 0.2) is 5.82 Å². The SMILES string of the molecule is Cc1ncn(C2CC(=CC(=O)Nc3cc4cc(-c5cnccc5C)c(F)c(N)c4cn3)C2)n1. The average molecular weight is 443 g/mol. The fourth-order valence-electron chi connectivity index (χ4n) is 4.04. The number of pyridine rings is 2. The molecule has 0 unspecified atom stereocenters. The summed E-state index contributed by atoms with van der Waals surface area (Å²) in [5.74, 6) is 0.328. The number of allylic oxidation sites excluding steroid dienone is 1. The molecule has 3 aromatic heterocycles. The van der Waals surface area contributed by atoms with Gasteiger partial charge in [0.25, 0.3) is 0 Å². The van der Waals surface area contributed by atoms with Crippen molar-refractivity contribution in [2.45, 2.75) is 32.7 Å². The molecule has 0 bridgehead atoms. The number of amides is 1. The Labute approximate surface area is 189 Å². The highest BCUT2D eigenvalue weighted by atomic mass is 19.1. The van der Waals surface area contributed by atoms with Crippen molar-refractivity contribution in [3.63, 3.8) is 0 Å². The Bertz CT molecular complexity index is 1420. The first kappa shape index (κ1) is 20.7. The smallest absolute Gasteiger partial charge is 0.249 e. The molecule has 1 aromatic carbocycles. The van der Waals surface area contributed by atoms with Gasteiger partial charge >= 0.3 is 0 Å². The summed E-state index contributed by atoms with van der Waals surface area (Å²) < 4.78 is 16.8. The fraction of sp³-hybridized carbons (Fsp3) is 0.208. The van der Waals surface area contributed by atoms with E-state index in [1.54, 1.807) is 36.9 Å². The van der Waals surface area contributed by atoms with Crippen LogP contribution in [0.5, 0.6) is 0 Å². The number of halogens is 1. The monoisotopic (exact) mass is 443 g/mol. The Morgan fingerprint density at radius 2 is 2.03 bits per heavy atom. The lowest BCUT2D eigenvalue weighted by Gasteiger charge is -2.28. The first-order valence-electron chi connectivity index (χ1n) is 10.6. The summed E-state index contributed by atoms with van der Waals surface area (Å²) in [5, 5.41) is 8.27. The summed E-state index contributed by atoms with van der Waals surface area (Å²) in [4.78, 5) is 25.0. The molecule has 8 nitrogen and oxygen atoms in total. The van der Waals surface area contributed by atoms with Gasteiger partial charge in [0.2, 0.25) is 5.91 Å². The van der Waals surface area contributed by atoms with E-state index < -0.39 is 5.82 Å². The van der Waals surface area contributed by atoms with Crippen LogP contribution < -0.4 is 11.1 Å². The molecule has 1 amide bonds. The van der Waals surface area contributed by atoms with Crippen molar-refractivity contribution in [1.82, 2.24) is 24.7 Å². The lowest BCUT2D eigenvalue weighted by atomic mass is 9.86. The van der Waals surface area contributed by atoms with Crippen LogP contribution in [-0.4, -0.2) is 30.6 Å². The van der Waals surface area contributed by atoms with Crippen molar-refractivity contribution in [2.24, 2.45) is 0 Å². The quantitative estimate of drug-likeness (QED) is 0.362. The van der Waals surface area contributed by atoms with Crippen LogP contribution in [0.15, 0.2) is 54.8 Å². The third-order valence-electron chi connectivity index (χ3n) is 5.91. The summed E-state index contributed by atoms with van der Waals surface area (Å²) >= 11 is 0. The van der Waals surface area contributed by atoms with E-state index in [-0.39, 0.29) is 17.6 Å². The molecule has 33 heavy (non-hydrogen) atoms. The number of nitrogen functional groups attached to an aromatic ring is 1. The second kappa shape index (κ2) is 8.09. The largest absolute Gasteiger partial charge is 0.396 e. The van der Waals surface area contributed by atoms with Crippen LogP contribution >= 0.6 is 0 Å². The molecule has 0 radical (unpaired) electrons. The summed E-state index contributed by atoms with van der Waals surface area (Å²) in [6.07, 6.45) is 9.56. The van der Waals surface area contributed by atoms with Crippen LogP contribution in [0.25, 0.3) is 21.9 Å². The molecule has 1 saturated carbocycles. The predicted octanol–water partition coefficient (Wildman–Crippen LogP) is 4.13. The molecular weight excluding hydrogens is 421 g/mol. The predicted molar refractivity (Wildman–Crippen MR) is 124 cm³/mol. The molecule has 166 valence electrons. The number of benzene rings is 1. The standard InChI is InChI=1S/C24H22FN7O/c1-13-3-4-27-10-19(13)18-8-16-9-21(28-11-20(16)24(26)23(18)25)30-22(33)7-15-5-17(6-15)32-12-29-14(2)31-32/h3-4,7-12,17H,5-6,26H2,1-2H3,(H,28,30,33). The second-order valence-corrected chi connectivity index (χ2v) is 8.26. The first-order valence-corrected chi connectivity index (χ1v) is 10.6. The molecular formula is C24H22FN7O. The number of nitrogens with one attached hydrogen (secondary N) is 1. The van der Waals surface area contributed by atoms with Gasteiger partial charge in [-0.25, -0.2) is 19.0 Å². The molecule has 0 aliphatic heterocycles. The highest BCUT2D eigenvalue weighted by molar-refractivity contribution is 6.02. The number of hydrogen-bond acceptors (Lipinski definition) is 6. The van der Waals surface area contributed by atoms with E-state index >= 15 is 0 Å². The molecule has 0 saturated heterocycles. The molecule has 1 aliphatic carbocycles. The number of carbonyl (C=O) groups is 1. The van der Waals surface area contributed by atoms with E-state index in [0.29, 0.717) is 27.7 Å². The molecule has 3 heterocycles. The lowest BCUT2D eigenvalue weighted by Crippen LogP contribution is -2.22. The summed E-state index contributed by atoms with van der Waals surface area (Å²) in [5.41, 5.74) is 9.03. The number of anilines is 2. The summed E-state index contributed by atoms with van der Waals surface area (Å²) in [7, 11) is 0. The molecule has 3 N–H and O–H groups in total. The van der Waals surface area contributed by atoms with Gasteiger partial charge in [-0.1, -0.05) is 5.57 Å². The minimum absolute atomic E-state index is 0.0158. The van der Waals surface area contributed by atoms with Gasteiger partial charge in [-0.3, -0.25) is 9.78 Å². The van der Waals surface area contributed by atoms with Crippen molar-refractivity contribution in [3.05, 3.63) is 72.0 Å². The summed E-state index contributed by atoms with van der Waals surface area (Å²) in [6.45, 7) is 3.73. The van der Waals surface area contributed by atoms with Crippen molar-refractivity contribution in [3.8, 4) is 11.1 Å². The molecule has 1 fully saturated rings. The van der Waals surface area contributed by atoms with Crippen LogP contribution in [0, 0.1) is 19.7 Å². The zero-order valence-electron chi connectivity index (χ0n) is 18.2. The number of rotatable bonds is 4. The van der Waals surface area contributed by atoms with E-state index in [4.69, 9.17) is 5.73 Å². The number of aromatic nitrogens is 5. The molecule has 1 aliphatic rings. The molecule has 0 spiro atoms. The van der Waals surface area contributed by atoms with Crippen LogP contribution in [-0.2, 0) is 4.79 Å². The number of hydrogen-bond donors (Lipinski definition) is 2. The van der Waals surface area contributed by atoms with E-state index in [0.717, 1.165) is 29.8 Å². The van der Waals surface area contributed by atoms with Crippen LogP contribution in [0.1, 0.15) is 30.3 Å². The molecule has 4 aromatic rings. The highest BCUT2D eigenvalue weighted by Gasteiger charge is 2.26. The van der Waals surface area contributed by atoms with E-state index in [1.165, 1.54) is 6.20 Å². The number of nitrogens with two attached hydrogens (primary N) is 1. The van der Waals surface area contributed by atoms with E-state index in [9.17, 15) is 9.18 Å². The average Bonchev–Trinajstić information content (AvgIpc) is 3.19. The Balaban J connectivity index is 1.36. The Kier molecular flexibility index (Phi) is 5.08. The molecule has 9 heteroatoms. The maximum atomic E-state index is 15.0. The maximum absolute atomic E-state index is 15.0. The Hall–Kier alpha value is -4.14. The third-order valence-corrected chi connectivity index (χ3v) is 5.91. The van der Waals surface area contributed by atoms with Crippen LogP contribution in [0.4, 0.5) is 15.9 Å². The fourth-order valence-corrected chi connectivity index (χ4v) is 4.04. The van der Waals surface area contributed by atoms with Crippen molar-refractivity contribution >= 4 is 28.2 Å². The van der Waals surface area contributed by atoms with Gasteiger partial charge in [0, 0.05) is 41.2 Å². The molecule has 5 rings (SSSR count). The van der Waals surface area contributed by atoms with Crippen molar-refractivity contribution < 1.29 is 9.18 Å². The van der Waals surface area contributed by atoms with Gasteiger partial charge in [-0.15, -0.1) is 0 Å². The Morgan fingerprint density at radius 3 is 2.76 bits per heavy atom. The zero-order chi connectivity index (χ0) is 23.1. The van der Waals surface area contributed by atoms with E-state index in [1.807, 2.05) is 24.6 Å². The van der Waals surface area contributed by atoms with E-state index in [2.05, 4.69) is 25.4 Å². The van der Waals surface area contributed by atoms with Gasteiger partial charge < -0.3 is 11.1 Å². The normalized spacial score (nSPS) is 15.4. The van der Waals surface area contributed by atoms with Crippen LogP contribution in [0.3, 0.4) is 0 Å². The number of fused-ring (bicyclic) bond motifs is 1. The van der Waals surface area contributed by atoms with Crippen molar-refractivity contribution in [1.29, 1.82) is 0 Å². The minimum atomic E-state index is -0.510. The van der Waals surface area contributed by atoms with Crippen molar-refractivity contribution in [2.75, 3.05) is 11.1 Å². The minimum Gasteiger partial charge on any atom is -0.396 e. The number of aryl methyl sites for hydroxylation is 2. The Morgan fingerprint density at radius 1 is 1.21 bits per heavy atom. The second-order valence-electron chi connectivity index (χ2n) is 8.26.